The molecule has 0 radical (unpaired) electrons. The zero-order valence-electron chi connectivity index (χ0n) is 11.9. The standard InChI is InChI=1S/C17H20FNO/c1-3-19-17(12-20-15-7-5-4-6-8-15)16-10-9-14(18)11-13(16)2/h4-11,17,19H,3,12H2,1-2H3. The van der Waals surface area contributed by atoms with E-state index in [2.05, 4.69) is 5.32 Å². The highest BCUT2D eigenvalue weighted by Gasteiger charge is 2.14. The van der Waals surface area contributed by atoms with E-state index in [1.54, 1.807) is 6.07 Å². The molecule has 2 rings (SSSR count). The Morgan fingerprint density at radius 2 is 1.90 bits per heavy atom. The molecule has 0 fully saturated rings. The maximum absolute atomic E-state index is 13.2. The van der Waals surface area contributed by atoms with Gasteiger partial charge in [-0.1, -0.05) is 31.2 Å². The first-order valence-corrected chi connectivity index (χ1v) is 6.88. The molecule has 0 aliphatic carbocycles. The molecule has 0 aromatic heterocycles. The van der Waals surface area contributed by atoms with Crippen LogP contribution in [0.15, 0.2) is 48.5 Å². The average molecular weight is 273 g/mol. The van der Waals surface area contributed by atoms with Crippen LogP contribution in [0, 0.1) is 12.7 Å². The topological polar surface area (TPSA) is 21.3 Å². The Morgan fingerprint density at radius 1 is 1.15 bits per heavy atom. The molecule has 106 valence electrons. The van der Waals surface area contributed by atoms with Crippen LogP contribution >= 0.6 is 0 Å². The van der Waals surface area contributed by atoms with Gasteiger partial charge in [0.1, 0.15) is 18.2 Å². The van der Waals surface area contributed by atoms with Gasteiger partial charge < -0.3 is 10.1 Å². The van der Waals surface area contributed by atoms with E-state index >= 15 is 0 Å². The molecule has 0 aliphatic rings. The Labute approximate surface area is 119 Å². The molecular weight excluding hydrogens is 253 g/mol. The van der Waals surface area contributed by atoms with Crippen LogP contribution in [-0.2, 0) is 0 Å². The van der Waals surface area contributed by atoms with Crippen molar-refractivity contribution in [2.75, 3.05) is 13.2 Å². The lowest BCUT2D eigenvalue weighted by Gasteiger charge is -2.21. The van der Waals surface area contributed by atoms with Crippen molar-refractivity contribution >= 4 is 0 Å². The summed E-state index contributed by atoms with van der Waals surface area (Å²) in [6, 6.07) is 14.6. The summed E-state index contributed by atoms with van der Waals surface area (Å²) in [6.45, 7) is 5.32. The third-order valence-corrected chi connectivity index (χ3v) is 3.22. The van der Waals surface area contributed by atoms with Gasteiger partial charge in [0.25, 0.3) is 0 Å². The van der Waals surface area contributed by atoms with Crippen LogP contribution in [0.5, 0.6) is 5.75 Å². The lowest BCUT2D eigenvalue weighted by molar-refractivity contribution is 0.267. The number of likely N-dealkylation sites (N-methyl/N-ethyl adjacent to an activating group) is 1. The summed E-state index contributed by atoms with van der Waals surface area (Å²) >= 11 is 0. The number of ether oxygens (including phenoxy) is 1. The molecule has 0 bridgehead atoms. The minimum Gasteiger partial charge on any atom is -0.492 e. The largest absolute Gasteiger partial charge is 0.492 e. The van der Waals surface area contributed by atoms with E-state index < -0.39 is 0 Å². The number of nitrogens with one attached hydrogen (secondary N) is 1. The third-order valence-electron chi connectivity index (χ3n) is 3.22. The van der Waals surface area contributed by atoms with Crippen LogP contribution in [0.4, 0.5) is 4.39 Å². The van der Waals surface area contributed by atoms with Gasteiger partial charge in [0.2, 0.25) is 0 Å². The zero-order valence-corrected chi connectivity index (χ0v) is 11.9. The van der Waals surface area contributed by atoms with Gasteiger partial charge in [-0.25, -0.2) is 4.39 Å². The number of hydrogen-bond acceptors (Lipinski definition) is 2. The van der Waals surface area contributed by atoms with Gasteiger partial charge in [-0.3, -0.25) is 0 Å². The molecule has 2 aromatic carbocycles. The highest BCUT2D eigenvalue weighted by atomic mass is 19.1. The van der Waals surface area contributed by atoms with Crippen molar-refractivity contribution in [2.45, 2.75) is 19.9 Å². The van der Waals surface area contributed by atoms with Gasteiger partial charge in [-0.05, 0) is 48.9 Å². The normalized spacial score (nSPS) is 12.2. The van der Waals surface area contributed by atoms with Gasteiger partial charge >= 0.3 is 0 Å². The predicted molar refractivity (Wildman–Crippen MR) is 79.5 cm³/mol. The summed E-state index contributed by atoms with van der Waals surface area (Å²) in [4.78, 5) is 0. The first kappa shape index (κ1) is 14.5. The average Bonchev–Trinajstić information content (AvgIpc) is 2.45. The molecule has 1 N–H and O–H groups in total. The maximum Gasteiger partial charge on any atom is 0.123 e. The van der Waals surface area contributed by atoms with Crippen molar-refractivity contribution in [3.63, 3.8) is 0 Å². The van der Waals surface area contributed by atoms with Crippen molar-refractivity contribution in [1.29, 1.82) is 0 Å². The molecule has 1 atom stereocenters. The number of hydrogen-bond donors (Lipinski definition) is 1. The smallest absolute Gasteiger partial charge is 0.123 e. The first-order valence-electron chi connectivity index (χ1n) is 6.88. The van der Waals surface area contributed by atoms with Crippen molar-refractivity contribution in [2.24, 2.45) is 0 Å². The van der Waals surface area contributed by atoms with Gasteiger partial charge in [0.15, 0.2) is 0 Å². The second-order valence-corrected chi connectivity index (χ2v) is 4.74. The van der Waals surface area contributed by atoms with Crippen LogP contribution < -0.4 is 10.1 Å². The highest BCUT2D eigenvalue weighted by molar-refractivity contribution is 5.30. The minimum atomic E-state index is -0.203. The fourth-order valence-corrected chi connectivity index (χ4v) is 2.23. The molecule has 0 saturated carbocycles. The number of benzene rings is 2. The maximum atomic E-state index is 13.2. The summed E-state index contributed by atoms with van der Waals surface area (Å²) in [5, 5.41) is 3.38. The minimum absolute atomic E-state index is 0.0563. The van der Waals surface area contributed by atoms with Crippen LogP contribution in [-0.4, -0.2) is 13.2 Å². The molecular formula is C17H20FNO. The molecule has 20 heavy (non-hydrogen) atoms. The van der Waals surface area contributed by atoms with Gasteiger partial charge in [-0.15, -0.1) is 0 Å². The van der Waals surface area contributed by atoms with Gasteiger partial charge in [0.05, 0.1) is 6.04 Å². The Morgan fingerprint density at radius 3 is 2.55 bits per heavy atom. The first-order chi connectivity index (χ1) is 9.70. The van der Waals surface area contributed by atoms with Crippen molar-refractivity contribution in [3.05, 3.63) is 65.5 Å². The fraction of sp³-hybridized carbons (Fsp3) is 0.294. The van der Waals surface area contributed by atoms with Crippen molar-refractivity contribution < 1.29 is 9.13 Å². The molecule has 3 heteroatoms. The SMILES string of the molecule is CCNC(COc1ccccc1)c1ccc(F)cc1C. The second-order valence-electron chi connectivity index (χ2n) is 4.74. The van der Waals surface area contributed by atoms with Crippen LogP contribution in [0.25, 0.3) is 0 Å². The fourth-order valence-electron chi connectivity index (χ4n) is 2.23. The van der Waals surface area contributed by atoms with Crippen molar-refractivity contribution in [3.8, 4) is 5.75 Å². The van der Waals surface area contributed by atoms with E-state index in [0.717, 1.165) is 23.4 Å². The molecule has 0 heterocycles. The van der Waals surface area contributed by atoms with E-state index in [-0.39, 0.29) is 11.9 Å². The lowest BCUT2D eigenvalue weighted by Crippen LogP contribution is -2.27. The number of aryl methyl sites for hydroxylation is 1. The second kappa shape index (κ2) is 7.06. The van der Waals surface area contributed by atoms with Crippen LogP contribution in [0.1, 0.15) is 24.1 Å². The monoisotopic (exact) mass is 273 g/mol. The van der Waals surface area contributed by atoms with Gasteiger partial charge in [0, 0.05) is 0 Å². The zero-order chi connectivity index (χ0) is 14.4. The summed E-state index contributed by atoms with van der Waals surface area (Å²) < 4.78 is 19.0. The van der Waals surface area contributed by atoms with E-state index in [1.165, 1.54) is 6.07 Å². The predicted octanol–water partition coefficient (Wildman–Crippen LogP) is 3.86. The lowest BCUT2D eigenvalue weighted by atomic mass is 10.0. The summed E-state index contributed by atoms with van der Waals surface area (Å²) in [5.41, 5.74) is 2.01. The molecule has 0 saturated heterocycles. The Balaban J connectivity index is 2.10. The third kappa shape index (κ3) is 3.81. The van der Waals surface area contributed by atoms with E-state index in [9.17, 15) is 4.39 Å². The molecule has 2 nitrogen and oxygen atoms in total. The van der Waals surface area contributed by atoms with Crippen LogP contribution in [0.3, 0.4) is 0 Å². The molecule has 2 aromatic rings. The van der Waals surface area contributed by atoms with Crippen molar-refractivity contribution in [1.82, 2.24) is 5.32 Å². The Bertz CT molecular complexity index is 542. The summed E-state index contributed by atoms with van der Waals surface area (Å²) in [6.07, 6.45) is 0. The number of para-hydroxylation sites is 1. The Hall–Kier alpha value is -1.87. The molecule has 0 spiro atoms. The Kier molecular flexibility index (Phi) is 5.13. The summed E-state index contributed by atoms with van der Waals surface area (Å²) in [5.74, 6) is 0.639. The van der Waals surface area contributed by atoms with E-state index in [4.69, 9.17) is 4.74 Å². The van der Waals surface area contributed by atoms with E-state index in [1.807, 2.05) is 50.2 Å². The highest BCUT2D eigenvalue weighted by Crippen LogP contribution is 2.20. The van der Waals surface area contributed by atoms with E-state index in [0.29, 0.717) is 6.61 Å². The summed E-state index contributed by atoms with van der Waals surface area (Å²) in [7, 11) is 0. The quantitative estimate of drug-likeness (QED) is 0.862. The molecule has 0 amide bonds. The number of rotatable bonds is 6. The molecule has 0 aliphatic heterocycles. The van der Waals surface area contributed by atoms with Crippen LogP contribution in [0.2, 0.25) is 0 Å². The molecule has 1 unspecified atom stereocenters. The number of halogens is 1. The van der Waals surface area contributed by atoms with Gasteiger partial charge in [-0.2, -0.15) is 0 Å².